The van der Waals surface area contributed by atoms with E-state index < -0.39 is 0 Å². The number of hydrogen-bond acceptors (Lipinski definition) is 2. The molecule has 1 rings (SSSR count). The Kier molecular flexibility index (Phi) is 4.60. The van der Waals surface area contributed by atoms with E-state index in [2.05, 4.69) is 5.32 Å². The van der Waals surface area contributed by atoms with Gasteiger partial charge in [0.1, 0.15) is 11.6 Å². The molecular formula is C11H14FNO2. The summed E-state index contributed by atoms with van der Waals surface area (Å²) >= 11 is 0. The van der Waals surface area contributed by atoms with Gasteiger partial charge in [-0.05, 0) is 31.2 Å². The Labute approximate surface area is 88.2 Å². The van der Waals surface area contributed by atoms with E-state index in [-0.39, 0.29) is 11.7 Å². The molecule has 0 unspecified atom stereocenters. The van der Waals surface area contributed by atoms with Crippen molar-refractivity contribution in [2.24, 2.45) is 0 Å². The summed E-state index contributed by atoms with van der Waals surface area (Å²) in [6, 6.07) is 5.71. The van der Waals surface area contributed by atoms with Gasteiger partial charge >= 0.3 is 0 Å². The number of halogens is 1. The summed E-state index contributed by atoms with van der Waals surface area (Å²) in [4.78, 5) is 11.0. The van der Waals surface area contributed by atoms with Gasteiger partial charge in [0.25, 0.3) is 0 Å². The monoisotopic (exact) mass is 211 g/mol. The minimum Gasteiger partial charge on any atom is -0.493 e. The van der Waals surface area contributed by atoms with Crippen molar-refractivity contribution in [3.8, 4) is 5.75 Å². The first kappa shape index (κ1) is 11.5. The molecule has 0 heterocycles. The first-order valence-corrected chi connectivity index (χ1v) is 4.87. The molecule has 0 bridgehead atoms. The summed E-state index contributed by atoms with van der Waals surface area (Å²) in [5.41, 5.74) is 0. The van der Waals surface area contributed by atoms with Crippen LogP contribution >= 0.6 is 0 Å². The summed E-state index contributed by atoms with van der Waals surface area (Å²) in [5.74, 6) is 0.228. The molecule has 0 aliphatic heterocycles. The van der Waals surface area contributed by atoms with Crippen LogP contribution in [0.3, 0.4) is 0 Å². The fraction of sp³-hybridized carbons (Fsp3) is 0.364. The third kappa shape index (κ3) is 4.44. The lowest BCUT2D eigenvalue weighted by Crippen LogP contribution is -2.24. The SMILES string of the molecule is CCNC(=O)CCOc1ccc(F)cc1. The maximum atomic E-state index is 12.5. The predicted molar refractivity (Wildman–Crippen MR) is 55.2 cm³/mol. The maximum Gasteiger partial charge on any atom is 0.223 e. The summed E-state index contributed by atoms with van der Waals surface area (Å²) in [7, 11) is 0. The van der Waals surface area contributed by atoms with Crippen molar-refractivity contribution in [1.29, 1.82) is 0 Å². The van der Waals surface area contributed by atoms with Crippen LogP contribution in [0.5, 0.6) is 5.75 Å². The number of ether oxygens (including phenoxy) is 1. The third-order valence-electron chi connectivity index (χ3n) is 1.79. The van der Waals surface area contributed by atoms with Crippen molar-refractivity contribution in [3.05, 3.63) is 30.1 Å². The molecular weight excluding hydrogens is 197 g/mol. The summed E-state index contributed by atoms with van der Waals surface area (Å²) in [5, 5.41) is 2.66. The van der Waals surface area contributed by atoms with Crippen molar-refractivity contribution in [3.63, 3.8) is 0 Å². The van der Waals surface area contributed by atoms with E-state index in [1.807, 2.05) is 6.92 Å². The van der Waals surface area contributed by atoms with Crippen LogP contribution in [-0.4, -0.2) is 19.1 Å². The van der Waals surface area contributed by atoms with Crippen molar-refractivity contribution in [2.75, 3.05) is 13.2 Å². The first-order chi connectivity index (χ1) is 7.22. The van der Waals surface area contributed by atoms with E-state index >= 15 is 0 Å². The minimum atomic E-state index is -0.300. The second kappa shape index (κ2) is 6.01. The standard InChI is InChI=1S/C11H14FNO2/c1-2-13-11(14)7-8-15-10-5-3-9(12)4-6-10/h3-6H,2,7-8H2,1H3,(H,13,14). The van der Waals surface area contributed by atoms with Crippen LogP contribution in [0.1, 0.15) is 13.3 Å². The highest BCUT2D eigenvalue weighted by molar-refractivity contribution is 5.75. The van der Waals surface area contributed by atoms with Crippen LogP contribution in [0.25, 0.3) is 0 Å². The zero-order valence-electron chi connectivity index (χ0n) is 8.63. The molecule has 15 heavy (non-hydrogen) atoms. The molecule has 1 amide bonds. The zero-order chi connectivity index (χ0) is 11.1. The second-order valence-corrected chi connectivity index (χ2v) is 3.01. The Morgan fingerprint density at radius 2 is 2.07 bits per heavy atom. The lowest BCUT2D eigenvalue weighted by Gasteiger charge is -2.05. The normalized spacial score (nSPS) is 9.73. The smallest absolute Gasteiger partial charge is 0.223 e. The van der Waals surface area contributed by atoms with E-state index in [0.717, 1.165) is 0 Å². The number of rotatable bonds is 5. The maximum absolute atomic E-state index is 12.5. The number of hydrogen-bond donors (Lipinski definition) is 1. The average molecular weight is 211 g/mol. The quantitative estimate of drug-likeness (QED) is 0.805. The van der Waals surface area contributed by atoms with Gasteiger partial charge in [-0.15, -0.1) is 0 Å². The van der Waals surface area contributed by atoms with Crippen molar-refractivity contribution in [2.45, 2.75) is 13.3 Å². The highest BCUT2D eigenvalue weighted by Crippen LogP contribution is 2.10. The molecule has 0 aliphatic rings. The molecule has 0 spiro atoms. The molecule has 0 aliphatic carbocycles. The lowest BCUT2D eigenvalue weighted by atomic mass is 10.3. The summed E-state index contributed by atoms with van der Waals surface area (Å²) < 4.78 is 17.8. The Balaban J connectivity index is 2.26. The number of benzene rings is 1. The van der Waals surface area contributed by atoms with Gasteiger partial charge in [0.05, 0.1) is 13.0 Å². The average Bonchev–Trinajstić information content (AvgIpc) is 2.21. The fourth-order valence-corrected chi connectivity index (χ4v) is 1.08. The Hall–Kier alpha value is -1.58. The van der Waals surface area contributed by atoms with Gasteiger partial charge in [-0.25, -0.2) is 4.39 Å². The number of carbonyl (C=O) groups excluding carboxylic acids is 1. The van der Waals surface area contributed by atoms with Crippen LogP contribution in [-0.2, 0) is 4.79 Å². The molecule has 3 nitrogen and oxygen atoms in total. The van der Waals surface area contributed by atoms with Crippen molar-refractivity contribution < 1.29 is 13.9 Å². The highest BCUT2D eigenvalue weighted by atomic mass is 19.1. The molecule has 0 saturated carbocycles. The minimum absolute atomic E-state index is 0.0420. The molecule has 1 N–H and O–H groups in total. The molecule has 0 fully saturated rings. The Morgan fingerprint density at radius 3 is 2.67 bits per heavy atom. The summed E-state index contributed by atoms with van der Waals surface area (Å²) in [6.45, 7) is 2.78. The highest BCUT2D eigenvalue weighted by Gasteiger charge is 2.00. The molecule has 0 saturated heterocycles. The van der Waals surface area contributed by atoms with E-state index in [4.69, 9.17) is 4.74 Å². The lowest BCUT2D eigenvalue weighted by molar-refractivity contribution is -0.121. The zero-order valence-corrected chi connectivity index (χ0v) is 8.63. The molecule has 1 aromatic carbocycles. The van der Waals surface area contributed by atoms with Crippen LogP contribution in [0.2, 0.25) is 0 Å². The molecule has 0 radical (unpaired) electrons. The molecule has 0 aromatic heterocycles. The van der Waals surface area contributed by atoms with Crippen LogP contribution in [0.15, 0.2) is 24.3 Å². The predicted octanol–water partition coefficient (Wildman–Crippen LogP) is 1.73. The van der Waals surface area contributed by atoms with Crippen LogP contribution < -0.4 is 10.1 Å². The van der Waals surface area contributed by atoms with Gasteiger partial charge in [-0.1, -0.05) is 0 Å². The number of carbonyl (C=O) groups is 1. The van der Waals surface area contributed by atoms with Gasteiger partial charge in [-0.2, -0.15) is 0 Å². The topological polar surface area (TPSA) is 38.3 Å². The van der Waals surface area contributed by atoms with Gasteiger partial charge in [0.15, 0.2) is 0 Å². The molecule has 4 heteroatoms. The second-order valence-electron chi connectivity index (χ2n) is 3.01. The third-order valence-corrected chi connectivity index (χ3v) is 1.79. The van der Waals surface area contributed by atoms with Crippen LogP contribution in [0, 0.1) is 5.82 Å². The summed E-state index contributed by atoms with van der Waals surface area (Å²) in [6.07, 6.45) is 0.311. The molecule has 0 atom stereocenters. The van der Waals surface area contributed by atoms with Gasteiger partial charge in [0, 0.05) is 6.54 Å². The van der Waals surface area contributed by atoms with Gasteiger partial charge < -0.3 is 10.1 Å². The van der Waals surface area contributed by atoms with E-state index in [0.29, 0.717) is 25.3 Å². The number of amides is 1. The van der Waals surface area contributed by atoms with Crippen molar-refractivity contribution in [1.82, 2.24) is 5.32 Å². The van der Waals surface area contributed by atoms with Gasteiger partial charge in [0.2, 0.25) is 5.91 Å². The Bertz CT molecular complexity index is 311. The van der Waals surface area contributed by atoms with E-state index in [1.54, 1.807) is 0 Å². The van der Waals surface area contributed by atoms with E-state index in [9.17, 15) is 9.18 Å². The van der Waals surface area contributed by atoms with E-state index in [1.165, 1.54) is 24.3 Å². The molecule has 82 valence electrons. The molecule has 1 aromatic rings. The van der Waals surface area contributed by atoms with Crippen LogP contribution in [0.4, 0.5) is 4.39 Å². The number of nitrogens with one attached hydrogen (secondary N) is 1. The fourth-order valence-electron chi connectivity index (χ4n) is 1.08. The first-order valence-electron chi connectivity index (χ1n) is 4.87. The Morgan fingerprint density at radius 1 is 1.40 bits per heavy atom. The van der Waals surface area contributed by atoms with Gasteiger partial charge in [-0.3, -0.25) is 4.79 Å². The largest absolute Gasteiger partial charge is 0.493 e. The van der Waals surface area contributed by atoms with Crippen molar-refractivity contribution >= 4 is 5.91 Å².